The van der Waals surface area contributed by atoms with E-state index in [4.69, 9.17) is 0 Å². The summed E-state index contributed by atoms with van der Waals surface area (Å²) in [6.45, 7) is 4.17. The lowest BCUT2D eigenvalue weighted by molar-refractivity contribution is -0.131. The van der Waals surface area contributed by atoms with E-state index in [2.05, 4.69) is 31.3 Å². The van der Waals surface area contributed by atoms with Gasteiger partial charge in [-0.25, -0.2) is 0 Å². The summed E-state index contributed by atoms with van der Waals surface area (Å²) in [6, 6.07) is -0.810. The molecular weight excluding hydrogens is 594 g/mol. The molecule has 0 saturated heterocycles. The van der Waals surface area contributed by atoms with E-state index in [-0.39, 0.29) is 6.61 Å². The van der Waals surface area contributed by atoms with Gasteiger partial charge in [0.05, 0.1) is 18.8 Å². The lowest BCUT2D eigenvalue weighted by Gasteiger charge is -2.21. The van der Waals surface area contributed by atoms with Crippen LogP contribution in [0.3, 0.4) is 0 Å². The number of carbonyl (C=O) groups is 1. The van der Waals surface area contributed by atoms with Gasteiger partial charge in [-0.15, -0.1) is 0 Å². The largest absolute Gasteiger partial charge is 0.394 e. The van der Waals surface area contributed by atoms with Gasteiger partial charge in [0.25, 0.3) is 0 Å². The Morgan fingerprint density at radius 3 is 1.27 bits per heavy atom. The minimum atomic E-state index is -1.10. The van der Waals surface area contributed by atoms with Gasteiger partial charge >= 0.3 is 0 Å². The topological polar surface area (TPSA) is 89.8 Å². The standard InChI is InChI=1S/C43H83NO4/c1-3-5-7-9-11-13-15-17-19-20-21-22-23-24-26-27-29-31-33-35-37-41(46)40(39-45)44-43(48)42(47)38-36-34-32-30-28-25-18-16-14-12-10-8-6-4-2/h27,29,35,37,40-42,45-47H,3-26,28,30-34,36,38-39H2,1-2H3,(H,44,48)/b29-27+,37-35+. The molecular formula is C43H83NO4. The lowest BCUT2D eigenvalue weighted by Crippen LogP contribution is -2.48. The number of unbranched alkanes of at least 4 members (excludes halogenated alkanes) is 28. The monoisotopic (exact) mass is 678 g/mol. The van der Waals surface area contributed by atoms with Crippen molar-refractivity contribution in [2.45, 2.75) is 238 Å². The SMILES string of the molecule is CCCCCCCCCCCCCCCC/C=C/CC/C=C/C(O)C(CO)NC(=O)C(O)CCCCCCCCCCCCCCCC. The van der Waals surface area contributed by atoms with E-state index in [0.717, 1.165) is 38.5 Å². The summed E-state index contributed by atoms with van der Waals surface area (Å²) in [6.07, 6.45) is 46.3. The maximum absolute atomic E-state index is 12.4. The van der Waals surface area contributed by atoms with Crippen molar-refractivity contribution >= 4 is 5.91 Å². The fourth-order valence-corrected chi connectivity index (χ4v) is 6.44. The van der Waals surface area contributed by atoms with Crippen LogP contribution in [-0.2, 0) is 4.79 Å². The number of nitrogens with one attached hydrogen (secondary N) is 1. The van der Waals surface area contributed by atoms with Gasteiger partial charge in [0, 0.05) is 0 Å². The van der Waals surface area contributed by atoms with Crippen LogP contribution in [0.5, 0.6) is 0 Å². The van der Waals surface area contributed by atoms with Gasteiger partial charge in [-0.3, -0.25) is 4.79 Å². The van der Waals surface area contributed by atoms with Crippen LogP contribution in [0.15, 0.2) is 24.3 Å². The summed E-state index contributed by atoms with van der Waals surface area (Å²) >= 11 is 0. The zero-order valence-electron chi connectivity index (χ0n) is 32.1. The summed E-state index contributed by atoms with van der Waals surface area (Å²) in [4.78, 5) is 12.4. The molecule has 5 heteroatoms. The molecule has 0 aromatic rings. The third-order valence-corrected chi connectivity index (χ3v) is 9.79. The molecule has 0 aromatic carbocycles. The molecule has 1 amide bonds. The van der Waals surface area contributed by atoms with E-state index >= 15 is 0 Å². The van der Waals surface area contributed by atoms with Gasteiger partial charge in [-0.2, -0.15) is 0 Å². The molecule has 0 radical (unpaired) electrons. The molecule has 0 aliphatic carbocycles. The van der Waals surface area contributed by atoms with Crippen molar-refractivity contribution in [2.24, 2.45) is 0 Å². The number of allylic oxidation sites excluding steroid dienone is 3. The molecule has 4 N–H and O–H groups in total. The number of carbonyl (C=O) groups excluding carboxylic acids is 1. The van der Waals surface area contributed by atoms with E-state index in [1.165, 1.54) is 161 Å². The third-order valence-electron chi connectivity index (χ3n) is 9.79. The second kappa shape index (κ2) is 38.6. The molecule has 5 nitrogen and oxygen atoms in total. The Balaban J connectivity index is 3.71. The van der Waals surface area contributed by atoms with Crippen molar-refractivity contribution in [1.82, 2.24) is 5.32 Å². The highest BCUT2D eigenvalue weighted by Gasteiger charge is 2.22. The molecule has 0 saturated carbocycles. The van der Waals surface area contributed by atoms with Gasteiger partial charge < -0.3 is 20.6 Å². The van der Waals surface area contributed by atoms with Gasteiger partial charge in [0.2, 0.25) is 5.91 Å². The Bertz CT molecular complexity index is 709. The Morgan fingerprint density at radius 1 is 0.500 bits per heavy atom. The van der Waals surface area contributed by atoms with E-state index < -0.39 is 24.2 Å². The summed E-state index contributed by atoms with van der Waals surface area (Å²) in [5, 5.41) is 33.0. The van der Waals surface area contributed by atoms with Crippen molar-refractivity contribution in [1.29, 1.82) is 0 Å². The molecule has 0 aliphatic heterocycles. The van der Waals surface area contributed by atoms with Crippen LogP contribution in [0.2, 0.25) is 0 Å². The predicted octanol–water partition coefficient (Wildman–Crippen LogP) is 11.8. The van der Waals surface area contributed by atoms with Gasteiger partial charge in [0.15, 0.2) is 0 Å². The summed E-state index contributed by atoms with van der Waals surface area (Å²) < 4.78 is 0. The van der Waals surface area contributed by atoms with E-state index in [0.29, 0.717) is 6.42 Å². The number of hydrogen-bond donors (Lipinski definition) is 4. The molecule has 3 unspecified atom stereocenters. The Morgan fingerprint density at radius 2 is 0.854 bits per heavy atom. The number of hydrogen-bond acceptors (Lipinski definition) is 4. The van der Waals surface area contributed by atoms with E-state index in [9.17, 15) is 20.1 Å². The number of amides is 1. The van der Waals surface area contributed by atoms with Crippen molar-refractivity contribution in [3.63, 3.8) is 0 Å². The van der Waals surface area contributed by atoms with Crippen LogP contribution in [0.25, 0.3) is 0 Å². The van der Waals surface area contributed by atoms with Crippen LogP contribution < -0.4 is 5.32 Å². The van der Waals surface area contributed by atoms with Crippen molar-refractivity contribution in [3.8, 4) is 0 Å². The van der Waals surface area contributed by atoms with Crippen molar-refractivity contribution < 1.29 is 20.1 Å². The molecule has 0 aliphatic rings. The zero-order chi connectivity index (χ0) is 35.2. The molecule has 0 heterocycles. The first-order valence-corrected chi connectivity index (χ1v) is 21.2. The van der Waals surface area contributed by atoms with Gasteiger partial charge in [-0.05, 0) is 32.1 Å². The Kier molecular flexibility index (Phi) is 37.7. The minimum Gasteiger partial charge on any atom is -0.394 e. The summed E-state index contributed by atoms with van der Waals surface area (Å²) in [5.41, 5.74) is 0. The van der Waals surface area contributed by atoms with Crippen LogP contribution in [0, 0.1) is 0 Å². The number of rotatable bonds is 38. The lowest BCUT2D eigenvalue weighted by atomic mass is 10.0. The molecule has 0 bridgehead atoms. The molecule has 3 atom stereocenters. The minimum absolute atomic E-state index is 0.373. The molecule has 0 spiro atoms. The quantitative estimate of drug-likeness (QED) is 0.0387. The highest BCUT2D eigenvalue weighted by molar-refractivity contribution is 5.80. The third kappa shape index (κ3) is 33.3. The molecule has 0 rings (SSSR count). The van der Waals surface area contributed by atoms with Gasteiger partial charge in [-0.1, -0.05) is 212 Å². The fraction of sp³-hybridized carbons (Fsp3) is 0.884. The van der Waals surface area contributed by atoms with Crippen LogP contribution in [0.1, 0.15) is 219 Å². The average molecular weight is 678 g/mol. The first-order valence-electron chi connectivity index (χ1n) is 21.2. The second-order valence-electron chi connectivity index (χ2n) is 14.6. The number of aliphatic hydroxyl groups excluding tert-OH is 3. The van der Waals surface area contributed by atoms with Crippen molar-refractivity contribution in [2.75, 3.05) is 6.61 Å². The highest BCUT2D eigenvalue weighted by Crippen LogP contribution is 2.15. The maximum Gasteiger partial charge on any atom is 0.249 e. The van der Waals surface area contributed by atoms with E-state index in [1.807, 2.05) is 6.08 Å². The maximum atomic E-state index is 12.4. The summed E-state index contributed by atoms with van der Waals surface area (Å²) in [7, 11) is 0. The predicted molar refractivity (Wildman–Crippen MR) is 208 cm³/mol. The molecule has 284 valence electrons. The first kappa shape index (κ1) is 46.8. The molecule has 0 fully saturated rings. The molecule has 0 aromatic heterocycles. The number of aliphatic hydroxyl groups is 3. The second-order valence-corrected chi connectivity index (χ2v) is 14.6. The fourth-order valence-electron chi connectivity index (χ4n) is 6.44. The Hall–Kier alpha value is -1.17. The van der Waals surface area contributed by atoms with Crippen LogP contribution in [0.4, 0.5) is 0 Å². The van der Waals surface area contributed by atoms with Crippen LogP contribution in [-0.4, -0.2) is 46.1 Å². The normalized spacial score (nSPS) is 13.9. The molecule has 48 heavy (non-hydrogen) atoms. The summed E-state index contributed by atoms with van der Waals surface area (Å²) in [5.74, 6) is -0.511. The van der Waals surface area contributed by atoms with Gasteiger partial charge in [0.1, 0.15) is 6.10 Å². The van der Waals surface area contributed by atoms with Crippen molar-refractivity contribution in [3.05, 3.63) is 24.3 Å². The van der Waals surface area contributed by atoms with Crippen LogP contribution >= 0.6 is 0 Å². The zero-order valence-corrected chi connectivity index (χ0v) is 32.1. The average Bonchev–Trinajstić information content (AvgIpc) is 3.09. The Labute approximate surface area is 299 Å². The highest BCUT2D eigenvalue weighted by atomic mass is 16.3. The van der Waals surface area contributed by atoms with E-state index in [1.54, 1.807) is 6.08 Å². The smallest absolute Gasteiger partial charge is 0.249 e. The first-order chi connectivity index (χ1) is 23.6.